The molecule has 2 aromatic carbocycles. The Bertz CT molecular complexity index is 1350. The fourth-order valence-corrected chi connectivity index (χ4v) is 6.29. The van der Waals surface area contributed by atoms with Crippen LogP contribution in [0.25, 0.3) is 22.4 Å². The Morgan fingerprint density at radius 2 is 1.60 bits per heavy atom. The van der Waals surface area contributed by atoms with Gasteiger partial charge in [0.15, 0.2) is 15.6 Å². The highest BCUT2D eigenvalue weighted by atomic mass is 33.1. The van der Waals surface area contributed by atoms with E-state index >= 15 is 0 Å². The lowest BCUT2D eigenvalue weighted by atomic mass is 10.00. The maximum atomic E-state index is 12.8. The number of alkyl carbamates (subject to hydrolysis) is 1. The van der Waals surface area contributed by atoms with Gasteiger partial charge in [-0.15, -0.1) is 0 Å². The number of aryl methyl sites for hydroxylation is 1. The first-order chi connectivity index (χ1) is 19.2. The summed E-state index contributed by atoms with van der Waals surface area (Å²) in [6.45, 7) is 3.39. The number of likely N-dealkylation sites (N-methyl/N-ethyl adjacent to an activating group) is 1. The standard InChI is InChI=1S/C27H33N3O7S3/c1-20-25(21-7-5-4-6-8-21)26(29-37-20)22-9-11-23(12-10-22)40(33,34)19-24(31)35-15-17-38-39-18-16-36-27(32)28-13-14-30(2)3/h4-12H,13-19H2,1-3H3,(H,28,32). The van der Waals surface area contributed by atoms with E-state index in [2.05, 4.69) is 10.5 Å². The lowest BCUT2D eigenvalue weighted by Gasteiger charge is -2.10. The highest BCUT2D eigenvalue weighted by Crippen LogP contribution is 2.34. The van der Waals surface area contributed by atoms with Crippen LogP contribution in [0.5, 0.6) is 0 Å². The van der Waals surface area contributed by atoms with Crippen LogP contribution >= 0.6 is 21.6 Å². The normalized spacial score (nSPS) is 11.4. The van der Waals surface area contributed by atoms with Crippen molar-refractivity contribution in [3.8, 4) is 22.4 Å². The molecule has 0 aliphatic rings. The van der Waals surface area contributed by atoms with Crippen LogP contribution in [-0.4, -0.2) is 88.2 Å². The third kappa shape index (κ3) is 9.88. The molecule has 0 spiro atoms. The van der Waals surface area contributed by atoms with Crippen molar-refractivity contribution in [1.29, 1.82) is 0 Å². The van der Waals surface area contributed by atoms with Gasteiger partial charge in [-0.2, -0.15) is 0 Å². The van der Waals surface area contributed by atoms with E-state index in [1.165, 1.54) is 33.7 Å². The highest BCUT2D eigenvalue weighted by Gasteiger charge is 2.22. The van der Waals surface area contributed by atoms with E-state index in [4.69, 9.17) is 14.0 Å². The van der Waals surface area contributed by atoms with Crippen molar-refractivity contribution < 1.29 is 32.0 Å². The Balaban J connectivity index is 1.39. The summed E-state index contributed by atoms with van der Waals surface area (Å²) < 4.78 is 41.1. The molecular formula is C27H33N3O7S3. The summed E-state index contributed by atoms with van der Waals surface area (Å²) in [5.74, 6) is 0.139. The van der Waals surface area contributed by atoms with E-state index in [1.54, 1.807) is 12.1 Å². The van der Waals surface area contributed by atoms with Crippen LogP contribution in [0.3, 0.4) is 0 Å². The maximum absolute atomic E-state index is 12.8. The summed E-state index contributed by atoms with van der Waals surface area (Å²) in [7, 11) is 2.86. The SMILES string of the molecule is Cc1onc(-c2ccc(S(=O)(=O)CC(=O)OCCSSCCOC(=O)NCCN(C)C)cc2)c1-c1ccccc1. The van der Waals surface area contributed by atoms with E-state index in [0.29, 0.717) is 35.1 Å². The largest absolute Gasteiger partial charge is 0.464 e. The number of nitrogens with zero attached hydrogens (tertiary/aromatic N) is 2. The topological polar surface area (TPSA) is 128 Å². The molecule has 0 aliphatic heterocycles. The second kappa shape index (κ2) is 15.7. The smallest absolute Gasteiger partial charge is 0.407 e. The molecule has 0 saturated carbocycles. The van der Waals surface area contributed by atoms with Gasteiger partial charge in [-0.3, -0.25) is 4.79 Å². The van der Waals surface area contributed by atoms with Gasteiger partial charge >= 0.3 is 12.1 Å². The summed E-state index contributed by atoms with van der Waals surface area (Å²) in [5.41, 5.74) is 3.09. The molecule has 10 nitrogen and oxygen atoms in total. The second-order valence-corrected chi connectivity index (χ2v) is 13.5. The minimum atomic E-state index is -3.88. The van der Waals surface area contributed by atoms with Crippen LogP contribution in [0.2, 0.25) is 0 Å². The van der Waals surface area contributed by atoms with Gasteiger partial charge in [0, 0.05) is 30.2 Å². The quantitative estimate of drug-likeness (QED) is 0.151. The second-order valence-electron chi connectivity index (χ2n) is 8.84. The number of aromatic nitrogens is 1. The van der Waals surface area contributed by atoms with Gasteiger partial charge < -0.3 is 24.2 Å². The van der Waals surface area contributed by atoms with Crippen molar-refractivity contribution in [1.82, 2.24) is 15.4 Å². The first kappa shape index (κ1) is 31.5. The molecule has 1 aromatic heterocycles. The van der Waals surface area contributed by atoms with Gasteiger partial charge in [0.1, 0.15) is 24.7 Å². The molecule has 0 aliphatic carbocycles. The molecule has 0 bridgehead atoms. The molecule has 1 N–H and O–H groups in total. The third-order valence-electron chi connectivity index (χ3n) is 5.46. The minimum absolute atomic E-state index is 0.0189. The zero-order chi connectivity index (χ0) is 29.0. The summed E-state index contributed by atoms with van der Waals surface area (Å²) in [6, 6.07) is 15.9. The molecule has 13 heteroatoms. The van der Waals surface area contributed by atoms with Gasteiger partial charge in [-0.05, 0) is 38.7 Å². The third-order valence-corrected chi connectivity index (χ3v) is 9.40. The molecular weight excluding hydrogens is 575 g/mol. The first-order valence-electron chi connectivity index (χ1n) is 12.5. The summed E-state index contributed by atoms with van der Waals surface area (Å²) >= 11 is 0. The van der Waals surface area contributed by atoms with E-state index < -0.39 is 27.7 Å². The number of sulfone groups is 1. The van der Waals surface area contributed by atoms with Crippen LogP contribution in [0.15, 0.2) is 64.0 Å². The van der Waals surface area contributed by atoms with E-state index in [9.17, 15) is 18.0 Å². The number of hydrogen-bond acceptors (Lipinski definition) is 11. The lowest BCUT2D eigenvalue weighted by molar-refractivity contribution is -0.139. The zero-order valence-electron chi connectivity index (χ0n) is 22.6. The predicted molar refractivity (Wildman–Crippen MR) is 158 cm³/mol. The number of nitrogens with one attached hydrogen (secondary N) is 1. The lowest BCUT2D eigenvalue weighted by Crippen LogP contribution is -2.32. The molecule has 1 amide bonds. The highest BCUT2D eigenvalue weighted by molar-refractivity contribution is 8.76. The first-order valence-corrected chi connectivity index (χ1v) is 16.6. The van der Waals surface area contributed by atoms with E-state index in [1.807, 2.05) is 56.3 Å². The Morgan fingerprint density at radius 3 is 2.25 bits per heavy atom. The van der Waals surface area contributed by atoms with E-state index in [0.717, 1.165) is 17.7 Å². The number of hydrogen-bond donors (Lipinski definition) is 1. The number of carbonyl (C=O) groups excluding carboxylic acids is 2. The minimum Gasteiger partial charge on any atom is -0.464 e. The molecule has 3 aromatic rings. The van der Waals surface area contributed by atoms with Gasteiger partial charge in [0.2, 0.25) is 0 Å². The average molecular weight is 608 g/mol. The molecule has 0 fully saturated rings. The summed E-state index contributed by atoms with van der Waals surface area (Å²) in [4.78, 5) is 25.6. The molecule has 3 rings (SSSR count). The van der Waals surface area contributed by atoms with Crippen molar-refractivity contribution in [3.05, 3.63) is 60.4 Å². The molecule has 1 heterocycles. The van der Waals surface area contributed by atoms with Crippen molar-refractivity contribution in [2.24, 2.45) is 0 Å². The molecule has 216 valence electrons. The molecule has 0 unspecified atom stereocenters. The molecule has 0 atom stereocenters. The predicted octanol–water partition coefficient (Wildman–Crippen LogP) is 4.30. The number of rotatable bonds is 15. The number of amides is 1. The van der Waals surface area contributed by atoms with Gasteiger partial charge in [0.25, 0.3) is 0 Å². The van der Waals surface area contributed by atoms with Crippen LogP contribution in [0, 0.1) is 6.92 Å². The van der Waals surface area contributed by atoms with Gasteiger partial charge in [-0.25, -0.2) is 13.2 Å². The fraction of sp³-hybridized carbons (Fsp3) is 0.370. The molecule has 40 heavy (non-hydrogen) atoms. The Morgan fingerprint density at radius 1 is 0.950 bits per heavy atom. The fourth-order valence-electron chi connectivity index (χ4n) is 3.52. The van der Waals surface area contributed by atoms with Crippen LogP contribution < -0.4 is 5.32 Å². The van der Waals surface area contributed by atoms with E-state index in [-0.39, 0.29) is 18.1 Å². The molecule has 0 saturated heterocycles. The van der Waals surface area contributed by atoms with Crippen LogP contribution in [-0.2, 0) is 24.1 Å². The van der Waals surface area contributed by atoms with Gasteiger partial charge in [0.05, 0.1) is 10.5 Å². The average Bonchev–Trinajstić information content (AvgIpc) is 3.31. The Hall–Kier alpha value is -3.00. The van der Waals surface area contributed by atoms with Gasteiger partial charge in [-0.1, -0.05) is 69.2 Å². The number of benzene rings is 2. The zero-order valence-corrected chi connectivity index (χ0v) is 25.1. The summed E-state index contributed by atoms with van der Waals surface area (Å²) in [5, 5.41) is 6.82. The number of carbonyl (C=O) groups is 2. The number of esters is 1. The molecule has 0 radical (unpaired) electrons. The monoisotopic (exact) mass is 607 g/mol. The Kier molecular flexibility index (Phi) is 12.4. The van der Waals surface area contributed by atoms with Crippen LogP contribution in [0.1, 0.15) is 5.76 Å². The summed E-state index contributed by atoms with van der Waals surface area (Å²) in [6.07, 6.45) is -0.456. The maximum Gasteiger partial charge on any atom is 0.407 e. The van der Waals surface area contributed by atoms with Crippen molar-refractivity contribution >= 4 is 43.5 Å². The van der Waals surface area contributed by atoms with Crippen LogP contribution in [0.4, 0.5) is 4.79 Å². The number of ether oxygens (including phenoxy) is 2. The van der Waals surface area contributed by atoms with Crippen molar-refractivity contribution in [2.45, 2.75) is 11.8 Å². The van der Waals surface area contributed by atoms with Crippen molar-refractivity contribution in [3.63, 3.8) is 0 Å². The van der Waals surface area contributed by atoms with Crippen molar-refractivity contribution in [2.75, 3.05) is 57.7 Å². The Labute approximate surface area is 242 Å².